The summed E-state index contributed by atoms with van der Waals surface area (Å²) in [5.74, 6) is 0. The average Bonchev–Trinajstić information content (AvgIpc) is 3.28. The van der Waals surface area contributed by atoms with Crippen LogP contribution in [0.25, 0.3) is 21.9 Å². The molecule has 0 fully saturated rings. The number of thiophene rings is 1. The first-order chi connectivity index (χ1) is 20.0. The minimum Gasteiger partial charge on any atom is -0.389 e. The lowest BCUT2D eigenvalue weighted by Crippen LogP contribution is -2.03. The van der Waals surface area contributed by atoms with E-state index in [-0.39, 0.29) is 32.0 Å². The van der Waals surface area contributed by atoms with Crippen molar-refractivity contribution in [2.24, 2.45) is 10.2 Å². The van der Waals surface area contributed by atoms with Gasteiger partial charge in [-0.15, -0.1) is 10.2 Å². The lowest BCUT2D eigenvalue weighted by atomic mass is 10.0. The summed E-state index contributed by atoms with van der Waals surface area (Å²) >= 11 is 0.987. The van der Waals surface area contributed by atoms with Crippen molar-refractivity contribution < 1.29 is 25.9 Å². The fourth-order valence-electron chi connectivity index (χ4n) is 4.38. The number of rotatable bonds is 8. The van der Waals surface area contributed by atoms with Crippen molar-refractivity contribution >= 4 is 63.7 Å². The average molecular weight is 620 g/mol. The lowest BCUT2D eigenvalue weighted by molar-refractivity contribution is 0.481. The third-order valence-corrected chi connectivity index (χ3v) is 8.94. The molecule has 0 aliphatic carbocycles. The van der Waals surface area contributed by atoms with Crippen LogP contribution in [0.4, 0.5) is 21.4 Å². The molecule has 1 aromatic heterocycles. The fraction of sp³-hybridized carbons (Fsp3) is 0.0357. The summed E-state index contributed by atoms with van der Waals surface area (Å²) in [5.41, 5.74) is 9.05. The molecule has 0 saturated carbocycles. The van der Waals surface area contributed by atoms with Crippen LogP contribution in [0.2, 0.25) is 0 Å². The standard InChI is InChI=1S/C28H21N5O6S3/c29-15-23-26(18-8-4-9-19(12-18)31-16-17-6-2-1-3-7-17)28(40-27(23)30)33-32-20-13-22-21(25(14-20)42(37,38)39)10-5-11-24(22)41(34,35)36/h1-14,31H,16,30H2,(H,34,35,36)(H,37,38,39)/b33-32+. The number of hydrogen-bond acceptors (Lipinski definition) is 10. The molecule has 42 heavy (non-hydrogen) atoms. The van der Waals surface area contributed by atoms with Crippen LogP contribution >= 0.6 is 11.3 Å². The number of nitriles is 1. The molecule has 0 aliphatic rings. The van der Waals surface area contributed by atoms with E-state index in [4.69, 9.17) is 5.73 Å². The Kier molecular flexibility index (Phi) is 7.78. The first-order valence-electron chi connectivity index (χ1n) is 12.1. The number of nitrogens with zero attached hydrogens (tertiary/aromatic N) is 3. The van der Waals surface area contributed by atoms with E-state index in [2.05, 4.69) is 21.6 Å². The minimum absolute atomic E-state index is 0.138. The highest BCUT2D eigenvalue weighted by atomic mass is 32.2. The summed E-state index contributed by atoms with van der Waals surface area (Å²) in [6.45, 7) is 0.567. The Morgan fingerprint density at radius 3 is 2.24 bits per heavy atom. The van der Waals surface area contributed by atoms with Gasteiger partial charge in [-0.05, 0) is 41.5 Å². The Morgan fingerprint density at radius 2 is 1.55 bits per heavy atom. The van der Waals surface area contributed by atoms with Gasteiger partial charge in [-0.25, -0.2) is 0 Å². The van der Waals surface area contributed by atoms with E-state index in [1.54, 1.807) is 12.1 Å². The zero-order valence-electron chi connectivity index (χ0n) is 21.5. The molecule has 0 atom stereocenters. The summed E-state index contributed by atoms with van der Waals surface area (Å²) in [5, 5.41) is 21.6. The molecule has 11 nitrogen and oxygen atoms in total. The molecule has 0 amide bonds. The fourth-order valence-corrected chi connectivity index (χ4v) is 6.66. The highest BCUT2D eigenvalue weighted by Crippen LogP contribution is 2.45. The molecule has 4 aromatic carbocycles. The smallest absolute Gasteiger partial charge is 0.295 e. The Bertz CT molecular complexity index is 2120. The maximum absolute atomic E-state index is 12.2. The number of anilines is 2. The van der Waals surface area contributed by atoms with Gasteiger partial charge >= 0.3 is 0 Å². The predicted octanol–water partition coefficient (Wildman–Crippen LogP) is 6.54. The zero-order valence-corrected chi connectivity index (χ0v) is 23.9. The summed E-state index contributed by atoms with van der Waals surface area (Å²) in [7, 11) is -9.59. The molecule has 0 radical (unpaired) electrons. The number of nitrogens with one attached hydrogen (secondary N) is 1. The van der Waals surface area contributed by atoms with E-state index < -0.39 is 30.0 Å². The number of nitrogen functional groups attached to an aromatic ring is 1. The van der Waals surface area contributed by atoms with Crippen molar-refractivity contribution in [2.45, 2.75) is 16.3 Å². The molecule has 5 aromatic rings. The highest BCUT2D eigenvalue weighted by Gasteiger charge is 2.22. The van der Waals surface area contributed by atoms with Gasteiger partial charge < -0.3 is 11.1 Å². The van der Waals surface area contributed by atoms with Crippen LogP contribution in [-0.4, -0.2) is 25.9 Å². The Hall–Kier alpha value is -4.65. The quantitative estimate of drug-likeness (QED) is 0.110. The minimum atomic E-state index is -4.83. The van der Waals surface area contributed by atoms with Crippen molar-refractivity contribution in [3.63, 3.8) is 0 Å². The normalized spacial score (nSPS) is 12.0. The second-order valence-electron chi connectivity index (χ2n) is 9.00. The lowest BCUT2D eigenvalue weighted by Gasteiger charge is -2.09. The van der Waals surface area contributed by atoms with Crippen LogP contribution in [-0.2, 0) is 26.8 Å². The van der Waals surface area contributed by atoms with Gasteiger partial charge in [-0.3, -0.25) is 9.11 Å². The van der Waals surface area contributed by atoms with E-state index in [0.717, 1.165) is 34.7 Å². The summed E-state index contributed by atoms with van der Waals surface area (Å²) < 4.78 is 67.8. The van der Waals surface area contributed by atoms with E-state index in [1.165, 1.54) is 18.2 Å². The number of nitrogens with two attached hydrogens (primary N) is 1. The number of fused-ring (bicyclic) bond motifs is 1. The molecule has 0 bridgehead atoms. The van der Waals surface area contributed by atoms with Crippen LogP contribution in [0.15, 0.2) is 105 Å². The van der Waals surface area contributed by atoms with Crippen LogP contribution in [0.3, 0.4) is 0 Å². The molecule has 14 heteroatoms. The van der Waals surface area contributed by atoms with E-state index in [1.807, 2.05) is 42.5 Å². The van der Waals surface area contributed by atoms with Gasteiger partial charge in [0, 0.05) is 28.6 Å². The Balaban J connectivity index is 1.59. The van der Waals surface area contributed by atoms with Crippen molar-refractivity contribution in [2.75, 3.05) is 11.1 Å². The summed E-state index contributed by atoms with van der Waals surface area (Å²) in [6.07, 6.45) is 0. The van der Waals surface area contributed by atoms with Gasteiger partial charge in [0.05, 0.1) is 11.3 Å². The molecule has 5 rings (SSSR count). The van der Waals surface area contributed by atoms with Crippen LogP contribution < -0.4 is 11.1 Å². The predicted molar refractivity (Wildman–Crippen MR) is 160 cm³/mol. The van der Waals surface area contributed by atoms with Crippen molar-refractivity contribution in [1.29, 1.82) is 5.26 Å². The molecular formula is C28H21N5O6S3. The van der Waals surface area contributed by atoms with E-state index in [0.29, 0.717) is 17.7 Å². The molecule has 0 aliphatic heterocycles. The van der Waals surface area contributed by atoms with Crippen molar-refractivity contribution in [3.05, 3.63) is 96.1 Å². The second-order valence-corrected chi connectivity index (χ2v) is 12.8. The largest absolute Gasteiger partial charge is 0.389 e. The van der Waals surface area contributed by atoms with Crippen LogP contribution in [0.1, 0.15) is 11.1 Å². The van der Waals surface area contributed by atoms with E-state index >= 15 is 0 Å². The van der Waals surface area contributed by atoms with Gasteiger partial charge in [-0.1, -0.05) is 65.9 Å². The van der Waals surface area contributed by atoms with Crippen molar-refractivity contribution in [3.8, 4) is 17.2 Å². The van der Waals surface area contributed by atoms with Gasteiger partial charge in [0.25, 0.3) is 20.2 Å². The molecule has 1 heterocycles. The van der Waals surface area contributed by atoms with E-state index in [9.17, 15) is 31.2 Å². The summed E-state index contributed by atoms with van der Waals surface area (Å²) in [6, 6.07) is 25.0. The highest BCUT2D eigenvalue weighted by molar-refractivity contribution is 7.86. The molecule has 0 unspecified atom stereocenters. The second kappa shape index (κ2) is 11.3. The molecule has 0 saturated heterocycles. The van der Waals surface area contributed by atoms with Gasteiger partial charge in [0.1, 0.15) is 25.9 Å². The monoisotopic (exact) mass is 619 g/mol. The van der Waals surface area contributed by atoms with Crippen LogP contribution in [0.5, 0.6) is 0 Å². The van der Waals surface area contributed by atoms with Gasteiger partial charge in [0.2, 0.25) is 0 Å². The van der Waals surface area contributed by atoms with Crippen LogP contribution in [0, 0.1) is 11.3 Å². The third kappa shape index (κ3) is 6.00. The number of azo groups is 1. The maximum Gasteiger partial charge on any atom is 0.295 e. The molecule has 212 valence electrons. The summed E-state index contributed by atoms with van der Waals surface area (Å²) in [4.78, 5) is -1.20. The van der Waals surface area contributed by atoms with Gasteiger partial charge in [0.15, 0.2) is 0 Å². The first-order valence-corrected chi connectivity index (χ1v) is 15.8. The maximum atomic E-state index is 12.2. The topological polar surface area (TPSA) is 195 Å². The zero-order chi connectivity index (χ0) is 30.1. The molecule has 5 N–H and O–H groups in total. The van der Waals surface area contributed by atoms with Crippen molar-refractivity contribution in [1.82, 2.24) is 0 Å². The third-order valence-electron chi connectivity index (χ3n) is 6.23. The Labute approximate surface area is 245 Å². The SMILES string of the molecule is N#Cc1c(N)sc(/N=N/c2cc(S(=O)(=O)O)c3cccc(S(=O)(=O)O)c3c2)c1-c1cccc(NCc2ccccc2)c1. The number of benzene rings is 4. The van der Waals surface area contributed by atoms with Gasteiger partial charge in [-0.2, -0.15) is 22.1 Å². The Morgan fingerprint density at radius 1 is 0.833 bits per heavy atom. The molecular weight excluding hydrogens is 599 g/mol. The number of hydrogen-bond donors (Lipinski definition) is 4. The molecule has 0 spiro atoms. The first kappa shape index (κ1) is 28.9.